The first-order chi connectivity index (χ1) is 9.29. The number of carbonyl (C=O) groups excluding carboxylic acids is 1. The second-order valence-corrected chi connectivity index (χ2v) is 6.91. The minimum absolute atomic E-state index is 0.00981. The number of benzene rings is 1. The van der Waals surface area contributed by atoms with Crippen molar-refractivity contribution in [1.29, 1.82) is 0 Å². The molecule has 0 unspecified atom stereocenters. The molecular formula is C16H23BrFNO. The topological polar surface area (TPSA) is 20.3 Å². The Morgan fingerprint density at radius 1 is 1.20 bits per heavy atom. The predicted molar refractivity (Wildman–Crippen MR) is 84.1 cm³/mol. The molecule has 0 aliphatic carbocycles. The summed E-state index contributed by atoms with van der Waals surface area (Å²) >= 11 is 3.31. The summed E-state index contributed by atoms with van der Waals surface area (Å²) in [5.41, 5.74) is 0.446. The van der Waals surface area contributed by atoms with E-state index < -0.39 is 0 Å². The van der Waals surface area contributed by atoms with Crippen LogP contribution in [0.4, 0.5) is 4.39 Å². The van der Waals surface area contributed by atoms with Crippen molar-refractivity contribution in [1.82, 2.24) is 4.90 Å². The van der Waals surface area contributed by atoms with Crippen LogP contribution in [0.5, 0.6) is 0 Å². The maximum atomic E-state index is 13.7. The number of nitrogens with zero attached hydrogens (tertiary/aromatic N) is 1. The monoisotopic (exact) mass is 343 g/mol. The number of rotatable bonds is 6. The molecule has 4 heteroatoms. The van der Waals surface area contributed by atoms with Crippen LogP contribution in [0, 0.1) is 17.7 Å². The number of hydrogen-bond donors (Lipinski definition) is 0. The maximum absolute atomic E-state index is 13.7. The van der Waals surface area contributed by atoms with E-state index in [1.807, 2.05) is 4.90 Å². The maximum Gasteiger partial charge on any atom is 0.227 e. The van der Waals surface area contributed by atoms with Crippen molar-refractivity contribution in [3.63, 3.8) is 0 Å². The van der Waals surface area contributed by atoms with Gasteiger partial charge in [-0.05, 0) is 35.6 Å². The summed E-state index contributed by atoms with van der Waals surface area (Å²) in [7, 11) is 0. The second kappa shape index (κ2) is 7.77. The molecule has 0 saturated carbocycles. The molecule has 0 radical (unpaired) electrons. The Kier molecular flexibility index (Phi) is 6.66. The smallest absolute Gasteiger partial charge is 0.227 e. The lowest BCUT2D eigenvalue weighted by molar-refractivity contribution is -0.131. The summed E-state index contributed by atoms with van der Waals surface area (Å²) < 4.78 is 14.5. The molecule has 1 aromatic rings. The van der Waals surface area contributed by atoms with Crippen LogP contribution in [0.25, 0.3) is 0 Å². The normalized spacial score (nSPS) is 11.2. The van der Waals surface area contributed by atoms with Gasteiger partial charge < -0.3 is 4.90 Å². The van der Waals surface area contributed by atoms with Gasteiger partial charge in [0.25, 0.3) is 0 Å². The van der Waals surface area contributed by atoms with Crippen LogP contribution < -0.4 is 0 Å². The van der Waals surface area contributed by atoms with Crippen LogP contribution in [-0.4, -0.2) is 23.9 Å². The number of carbonyl (C=O) groups is 1. The van der Waals surface area contributed by atoms with Gasteiger partial charge in [0.15, 0.2) is 0 Å². The standard InChI is InChI=1S/C16H23BrFNO/c1-11(2)9-19(10-12(3)4)16(20)8-13-7-14(17)5-6-15(13)18/h5-7,11-12H,8-10H2,1-4H3. The van der Waals surface area contributed by atoms with Gasteiger partial charge in [-0.25, -0.2) is 4.39 Å². The molecule has 0 saturated heterocycles. The summed E-state index contributed by atoms with van der Waals surface area (Å²) in [6.45, 7) is 9.76. The van der Waals surface area contributed by atoms with Crippen molar-refractivity contribution in [2.45, 2.75) is 34.1 Å². The zero-order chi connectivity index (χ0) is 15.3. The van der Waals surface area contributed by atoms with E-state index in [1.54, 1.807) is 12.1 Å². The van der Waals surface area contributed by atoms with Crippen LogP contribution >= 0.6 is 15.9 Å². The molecule has 0 bridgehead atoms. The lowest BCUT2D eigenvalue weighted by Crippen LogP contribution is -2.38. The fourth-order valence-corrected chi connectivity index (χ4v) is 2.52. The molecule has 20 heavy (non-hydrogen) atoms. The predicted octanol–water partition coefficient (Wildman–Crippen LogP) is 4.27. The van der Waals surface area contributed by atoms with Gasteiger partial charge in [-0.3, -0.25) is 4.79 Å². The van der Waals surface area contributed by atoms with Crippen molar-refractivity contribution in [2.24, 2.45) is 11.8 Å². The summed E-state index contributed by atoms with van der Waals surface area (Å²) in [5.74, 6) is 0.482. The Labute approximate surface area is 129 Å². The van der Waals surface area contributed by atoms with Crippen LogP contribution in [0.1, 0.15) is 33.3 Å². The highest BCUT2D eigenvalue weighted by Gasteiger charge is 2.18. The van der Waals surface area contributed by atoms with Gasteiger partial charge in [0.05, 0.1) is 6.42 Å². The van der Waals surface area contributed by atoms with Gasteiger partial charge in [0, 0.05) is 17.6 Å². The lowest BCUT2D eigenvalue weighted by Gasteiger charge is -2.26. The van der Waals surface area contributed by atoms with E-state index in [1.165, 1.54) is 6.07 Å². The van der Waals surface area contributed by atoms with Crippen molar-refractivity contribution < 1.29 is 9.18 Å². The molecule has 0 aliphatic rings. The summed E-state index contributed by atoms with van der Waals surface area (Å²) in [4.78, 5) is 14.2. The van der Waals surface area contributed by atoms with Crippen LogP contribution in [0.15, 0.2) is 22.7 Å². The van der Waals surface area contributed by atoms with E-state index >= 15 is 0 Å². The van der Waals surface area contributed by atoms with Gasteiger partial charge in [-0.2, -0.15) is 0 Å². The Hall–Kier alpha value is -0.900. The fourth-order valence-electron chi connectivity index (χ4n) is 2.11. The molecule has 112 valence electrons. The van der Waals surface area contributed by atoms with Gasteiger partial charge >= 0.3 is 0 Å². The van der Waals surface area contributed by atoms with Gasteiger partial charge in [0.1, 0.15) is 5.82 Å². The number of amides is 1. The molecule has 0 spiro atoms. The minimum atomic E-state index is -0.324. The lowest BCUT2D eigenvalue weighted by atomic mass is 10.1. The average molecular weight is 344 g/mol. The molecule has 0 N–H and O–H groups in total. The summed E-state index contributed by atoms with van der Waals surface area (Å²) in [6.07, 6.45) is 0.116. The highest BCUT2D eigenvalue weighted by atomic mass is 79.9. The van der Waals surface area contributed by atoms with Gasteiger partial charge in [0.2, 0.25) is 5.91 Å². The van der Waals surface area contributed by atoms with Crippen molar-refractivity contribution in [2.75, 3.05) is 13.1 Å². The molecule has 0 aliphatic heterocycles. The fraction of sp³-hybridized carbons (Fsp3) is 0.562. The largest absolute Gasteiger partial charge is 0.342 e. The van der Waals surface area contributed by atoms with Gasteiger partial charge in [-0.15, -0.1) is 0 Å². The van der Waals surface area contributed by atoms with E-state index in [0.717, 1.165) is 4.47 Å². The van der Waals surface area contributed by atoms with E-state index in [-0.39, 0.29) is 18.1 Å². The SMILES string of the molecule is CC(C)CN(CC(C)C)C(=O)Cc1cc(Br)ccc1F. The van der Waals surface area contributed by atoms with Crippen molar-refractivity contribution in [3.05, 3.63) is 34.1 Å². The first-order valence-electron chi connectivity index (χ1n) is 7.01. The van der Waals surface area contributed by atoms with Crippen LogP contribution in [0.3, 0.4) is 0 Å². The molecule has 0 fully saturated rings. The highest BCUT2D eigenvalue weighted by molar-refractivity contribution is 9.10. The van der Waals surface area contributed by atoms with E-state index in [2.05, 4.69) is 43.6 Å². The van der Waals surface area contributed by atoms with Crippen LogP contribution in [0.2, 0.25) is 0 Å². The zero-order valence-electron chi connectivity index (χ0n) is 12.6. The Morgan fingerprint density at radius 3 is 2.25 bits per heavy atom. The van der Waals surface area contributed by atoms with E-state index in [4.69, 9.17) is 0 Å². The summed E-state index contributed by atoms with van der Waals surface area (Å²) in [6, 6.07) is 4.71. The third kappa shape index (κ3) is 5.61. The quantitative estimate of drug-likeness (QED) is 0.755. The third-order valence-electron chi connectivity index (χ3n) is 2.87. The first kappa shape index (κ1) is 17.2. The van der Waals surface area contributed by atoms with E-state index in [9.17, 15) is 9.18 Å². The molecular weight excluding hydrogens is 321 g/mol. The molecule has 2 nitrogen and oxygen atoms in total. The molecule has 1 rings (SSSR count). The minimum Gasteiger partial charge on any atom is -0.342 e. The Bertz CT molecular complexity index is 450. The van der Waals surface area contributed by atoms with Crippen molar-refractivity contribution in [3.8, 4) is 0 Å². The third-order valence-corrected chi connectivity index (χ3v) is 3.37. The molecule has 0 heterocycles. The zero-order valence-corrected chi connectivity index (χ0v) is 14.2. The average Bonchev–Trinajstić information content (AvgIpc) is 2.31. The Balaban J connectivity index is 2.81. The first-order valence-corrected chi connectivity index (χ1v) is 7.80. The number of hydrogen-bond acceptors (Lipinski definition) is 1. The second-order valence-electron chi connectivity index (χ2n) is 6.00. The molecule has 0 atom stereocenters. The molecule has 1 amide bonds. The van der Waals surface area contributed by atoms with Crippen molar-refractivity contribution >= 4 is 21.8 Å². The summed E-state index contributed by atoms with van der Waals surface area (Å²) in [5, 5.41) is 0. The molecule has 1 aromatic carbocycles. The van der Waals surface area contributed by atoms with E-state index in [0.29, 0.717) is 30.5 Å². The number of halogens is 2. The van der Waals surface area contributed by atoms with Gasteiger partial charge in [-0.1, -0.05) is 43.6 Å². The molecule has 0 aromatic heterocycles. The highest BCUT2D eigenvalue weighted by Crippen LogP contribution is 2.17. The Morgan fingerprint density at radius 2 is 1.75 bits per heavy atom. The van der Waals surface area contributed by atoms with Crippen LogP contribution in [-0.2, 0) is 11.2 Å².